The molecule has 1 N–H and O–H groups in total. The molecular formula is C22H20F2N2O4S2. The number of fused-ring (bicyclic) bond motifs is 1. The summed E-state index contributed by atoms with van der Waals surface area (Å²) in [5.41, 5.74) is 2.20. The molecule has 3 aromatic rings. The summed E-state index contributed by atoms with van der Waals surface area (Å²) in [5, 5.41) is 0. The molecule has 0 aromatic heterocycles. The Morgan fingerprint density at radius 2 is 1.59 bits per heavy atom. The minimum atomic E-state index is -3.82. The van der Waals surface area contributed by atoms with Crippen LogP contribution in [0.4, 0.5) is 14.5 Å². The number of anilines is 1. The number of benzene rings is 3. The molecule has 0 unspecified atom stereocenters. The second kappa shape index (κ2) is 8.61. The maximum atomic E-state index is 13.3. The molecule has 1 heterocycles. The first-order valence-electron chi connectivity index (χ1n) is 9.75. The second-order valence-corrected chi connectivity index (χ2v) is 11.2. The van der Waals surface area contributed by atoms with Gasteiger partial charge < -0.3 is 0 Å². The highest BCUT2D eigenvalue weighted by molar-refractivity contribution is 7.91. The van der Waals surface area contributed by atoms with Gasteiger partial charge in [-0.25, -0.2) is 25.6 Å². The standard InChI is InChI=1S/C22H20F2N2O4S2/c23-19-5-8-22(9-6-19)32(29,30)26-11-10-17-4-7-21(13-18(17)14-26)25-31(27,28)15-16-2-1-3-20(24)12-16/h1-9,12-13,25H,10-11,14-15H2. The number of rotatable bonds is 6. The summed E-state index contributed by atoms with van der Waals surface area (Å²) >= 11 is 0. The van der Waals surface area contributed by atoms with Crippen molar-refractivity contribution in [1.82, 2.24) is 4.31 Å². The maximum Gasteiger partial charge on any atom is 0.243 e. The molecule has 0 saturated heterocycles. The van der Waals surface area contributed by atoms with Gasteiger partial charge in [-0.3, -0.25) is 4.72 Å². The van der Waals surface area contributed by atoms with E-state index in [1.165, 1.54) is 34.6 Å². The van der Waals surface area contributed by atoms with Gasteiger partial charge in [0.1, 0.15) is 11.6 Å². The third kappa shape index (κ3) is 4.98. The molecule has 0 atom stereocenters. The largest absolute Gasteiger partial charge is 0.283 e. The van der Waals surface area contributed by atoms with E-state index < -0.39 is 37.4 Å². The molecule has 0 saturated carbocycles. The molecular weight excluding hydrogens is 458 g/mol. The first-order valence-corrected chi connectivity index (χ1v) is 12.8. The Kier molecular flexibility index (Phi) is 6.02. The number of nitrogens with one attached hydrogen (secondary N) is 1. The van der Waals surface area contributed by atoms with Gasteiger partial charge in [-0.05, 0) is 71.6 Å². The molecule has 0 aliphatic carbocycles. The van der Waals surface area contributed by atoms with Crippen LogP contribution in [-0.4, -0.2) is 27.7 Å². The summed E-state index contributed by atoms with van der Waals surface area (Å²) in [4.78, 5) is -0.00528. The van der Waals surface area contributed by atoms with Crippen molar-refractivity contribution in [2.45, 2.75) is 23.6 Å². The molecule has 3 aromatic carbocycles. The van der Waals surface area contributed by atoms with Crippen LogP contribution in [0.3, 0.4) is 0 Å². The summed E-state index contributed by atoms with van der Waals surface area (Å²) in [7, 11) is -7.63. The van der Waals surface area contributed by atoms with E-state index in [-0.39, 0.29) is 18.0 Å². The third-order valence-corrected chi connectivity index (χ3v) is 8.27. The van der Waals surface area contributed by atoms with Crippen LogP contribution >= 0.6 is 0 Å². The van der Waals surface area contributed by atoms with Crippen LogP contribution in [0.2, 0.25) is 0 Å². The van der Waals surface area contributed by atoms with E-state index in [1.54, 1.807) is 18.2 Å². The fourth-order valence-corrected chi connectivity index (χ4v) is 6.21. The van der Waals surface area contributed by atoms with Gasteiger partial charge in [0.2, 0.25) is 20.0 Å². The lowest BCUT2D eigenvalue weighted by atomic mass is 10.0. The van der Waals surface area contributed by atoms with E-state index in [1.807, 2.05) is 0 Å². The normalized spacial score (nSPS) is 14.7. The molecule has 168 valence electrons. The number of nitrogens with zero attached hydrogens (tertiary/aromatic N) is 1. The van der Waals surface area contributed by atoms with Crippen LogP contribution in [0.15, 0.2) is 71.6 Å². The molecule has 0 radical (unpaired) electrons. The van der Waals surface area contributed by atoms with Crippen LogP contribution in [0, 0.1) is 11.6 Å². The average Bonchev–Trinajstić information content (AvgIpc) is 2.73. The highest BCUT2D eigenvalue weighted by Crippen LogP contribution is 2.27. The molecule has 0 spiro atoms. The van der Waals surface area contributed by atoms with E-state index in [4.69, 9.17) is 0 Å². The zero-order valence-corrected chi connectivity index (χ0v) is 18.5. The predicted molar refractivity (Wildman–Crippen MR) is 117 cm³/mol. The fraction of sp³-hybridized carbons (Fsp3) is 0.182. The monoisotopic (exact) mass is 478 g/mol. The van der Waals surface area contributed by atoms with Crippen LogP contribution in [0.1, 0.15) is 16.7 Å². The number of hydrogen-bond acceptors (Lipinski definition) is 4. The second-order valence-electron chi connectivity index (χ2n) is 7.52. The Balaban J connectivity index is 1.53. The summed E-state index contributed by atoms with van der Waals surface area (Å²) in [6, 6.07) is 15.0. The van der Waals surface area contributed by atoms with Gasteiger partial charge in [-0.2, -0.15) is 4.31 Å². The van der Waals surface area contributed by atoms with Gasteiger partial charge in [-0.15, -0.1) is 0 Å². The highest BCUT2D eigenvalue weighted by Gasteiger charge is 2.28. The van der Waals surface area contributed by atoms with Gasteiger partial charge in [0.25, 0.3) is 0 Å². The Hall–Kier alpha value is -2.82. The lowest BCUT2D eigenvalue weighted by Gasteiger charge is -2.28. The third-order valence-electron chi connectivity index (χ3n) is 5.15. The molecule has 4 rings (SSSR count). The average molecular weight is 479 g/mol. The molecule has 32 heavy (non-hydrogen) atoms. The van der Waals surface area contributed by atoms with Crippen molar-refractivity contribution in [3.8, 4) is 0 Å². The van der Waals surface area contributed by atoms with Gasteiger partial charge >= 0.3 is 0 Å². The van der Waals surface area contributed by atoms with Gasteiger partial charge in [0.15, 0.2) is 0 Å². The Bertz CT molecular complexity index is 1360. The molecule has 0 fully saturated rings. The molecule has 10 heteroatoms. The van der Waals surface area contributed by atoms with E-state index in [9.17, 15) is 25.6 Å². The van der Waals surface area contributed by atoms with Crippen molar-refractivity contribution < 1.29 is 25.6 Å². The summed E-state index contributed by atoms with van der Waals surface area (Å²) < 4.78 is 81.1. The highest BCUT2D eigenvalue weighted by atomic mass is 32.2. The molecule has 1 aliphatic heterocycles. The Labute approximate surface area is 185 Å². The number of hydrogen-bond donors (Lipinski definition) is 1. The SMILES string of the molecule is O=S(=O)(Cc1cccc(F)c1)Nc1ccc2c(c1)CN(S(=O)(=O)c1ccc(F)cc1)CC2. The van der Waals surface area contributed by atoms with Gasteiger partial charge in [0.05, 0.1) is 10.6 Å². The summed E-state index contributed by atoms with van der Waals surface area (Å²) in [5.74, 6) is -1.44. The van der Waals surface area contributed by atoms with Crippen molar-refractivity contribution in [2.24, 2.45) is 0 Å². The molecule has 1 aliphatic rings. The van der Waals surface area contributed by atoms with Crippen LogP contribution in [0.5, 0.6) is 0 Å². The van der Waals surface area contributed by atoms with Crippen LogP contribution in [-0.2, 0) is 38.8 Å². The molecule has 0 bridgehead atoms. The van der Waals surface area contributed by atoms with E-state index in [2.05, 4.69) is 4.72 Å². The van der Waals surface area contributed by atoms with Crippen molar-refractivity contribution in [3.05, 3.63) is 95.1 Å². The lowest BCUT2D eigenvalue weighted by Crippen LogP contribution is -2.36. The quantitative estimate of drug-likeness (QED) is 0.586. The Morgan fingerprint density at radius 3 is 2.31 bits per heavy atom. The van der Waals surface area contributed by atoms with Gasteiger partial charge in [0, 0.05) is 18.8 Å². The molecule has 0 amide bonds. The first-order chi connectivity index (χ1) is 15.1. The van der Waals surface area contributed by atoms with E-state index in [0.717, 1.165) is 23.8 Å². The lowest BCUT2D eigenvalue weighted by molar-refractivity contribution is 0.391. The van der Waals surface area contributed by atoms with E-state index >= 15 is 0 Å². The maximum absolute atomic E-state index is 13.3. The first kappa shape index (κ1) is 22.4. The van der Waals surface area contributed by atoms with Gasteiger partial charge in [-0.1, -0.05) is 18.2 Å². The summed E-state index contributed by atoms with van der Waals surface area (Å²) in [6.07, 6.45) is 0.464. The van der Waals surface area contributed by atoms with Crippen molar-refractivity contribution >= 4 is 25.7 Å². The van der Waals surface area contributed by atoms with Crippen molar-refractivity contribution in [1.29, 1.82) is 0 Å². The zero-order chi connectivity index (χ0) is 22.9. The molecule has 6 nitrogen and oxygen atoms in total. The Morgan fingerprint density at radius 1 is 0.844 bits per heavy atom. The van der Waals surface area contributed by atoms with Crippen LogP contribution in [0.25, 0.3) is 0 Å². The smallest absolute Gasteiger partial charge is 0.243 e. The minimum Gasteiger partial charge on any atom is -0.283 e. The predicted octanol–water partition coefficient (Wildman–Crippen LogP) is 3.65. The summed E-state index contributed by atoms with van der Waals surface area (Å²) in [6.45, 7) is 0.325. The van der Waals surface area contributed by atoms with Crippen molar-refractivity contribution in [3.63, 3.8) is 0 Å². The number of sulfonamides is 2. The zero-order valence-electron chi connectivity index (χ0n) is 16.8. The number of halogens is 2. The van der Waals surface area contributed by atoms with Crippen molar-refractivity contribution in [2.75, 3.05) is 11.3 Å². The van der Waals surface area contributed by atoms with E-state index in [0.29, 0.717) is 23.2 Å². The topological polar surface area (TPSA) is 83.6 Å². The van der Waals surface area contributed by atoms with Crippen LogP contribution < -0.4 is 4.72 Å². The minimum absolute atomic E-state index is 0.00528. The fourth-order valence-electron chi connectivity index (χ4n) is 3.62.